The Kier molecular flexibility index (Phi) is 10.6. The molecule has 1 atom stereocenters. The topological polar surface area (TPSA) is 92.6 Å². The number of nitro groups is 1. The van der Waals surface area contributed by atoms with E-state index >= 15 is 0 Å². The van der Waals surface area contributed by atoms with Gasteiger partial charge in [0, 0.05) is 30.5 Å². The van der Waals surface area contributed by atoms with E-state index in [0.29, 0.717) is 25.1 Å². The minimum atomic E-state index is -0.492. The minimum Gasteiger partial charge on any atom is -0.352 e. The molecule has 8 heteroatoms. The zero-order valence-corrected chi connectivity index (χ0v) is 21.2. The quantitative estimate of drug-likeness (QED) is 0.324. The third-order valence-corrected chi connectivity index (χ3v) is 7.45. The van der Waals surface area contributed by atoms with Gasteiger partial charge in [0.2, 0.25) is 11.8 Å². The number of hydrogen-bond donors (Lipinski definition) is 1. The highest BCUT2D eigenvalue weighted by atomic mass is 32.2. The van der Waals surface area contributed by atoms with Crippen molar-refractivity contribution < 1.29 is 14.5 Å². The number of nitrogens with one attached hydrogen (secondary N) is 1. The Morgan fingerprint density at radius 1 is 1.06 bits per heavy atom. The van der Waals surface area contributed by atoms with Crippen molar-refractivity contribution in [1.82, 2.24) is 10.2 Å². The molecule has 2 aromatic rings. The van der Waals surface area contributed by atoms with Crippen LogP contribution in [0.3, 0.4) is 0 Å². The van der Waals surface area contributed by atoms with E-state index in [2.05, 4.69) is 5.32 Å². The molecule has 1 aliphatic carbocycles. The van der Waals surface area contributed by atoms with Crippen molar-refractivity contribution in [2.75, 3.05) is 12.3 Å². The van der Waals surface area contributed by atoms with Crippen LogP contribution in [0.15, 0.2) is 54.6 Å². The second-order valence-corrected chi connectivity index (χ2v) is 9.99. The van der Waals surface area contributed by atoms with Crippen molar-refractivity contribution in [2.45, 2.75) is 69.7 Å². The molecule has 0 radical (unpaired) electrons. The first kappa shape index (κ1) is 26.7. The molecule has 188 valence electrons. The Morgan fingerprint density at radius 3 is 2.37 bits per heavy atom. The lowest BCUT2D eigenvalue weighted by Gasteiger charge is -2.32. The van der Waals surface area contributed by atoms with Gasteiger partial charge in [-0.1, -0.05) is 68.7 Å². The minimum absolute atomic E-state index is 0.0525. The third-order valence-electron chi connectivity index (χ3n) is 6.46. The first-order valence-corrected chi connectivity index (χ1v) is 13.6. The highest BCUT2D eigenvalue weighted by molar-refractivity contribution is 7.99. The summed E-state index contributed by atoms with van der Waals surface area (Å²) in [5.41, 5.74) is 2.11. The molecule has 0 heterocycles. The SMILES string of the molecule is CC[C@H](C(=O)NC1CCCCC1)N(CCc1ccccc1)C(=O)CSCc1ccc([N+](=O)[O-])cc1. The Hall–Kier alpha value is -2.87. The standard InChI is InChI=1S/C27H35N3O4S/c1-2-25(27(32)28-23-11-7-4-8-12-23)29(18-17-21-9-5-3-6-10-21)26(31)20-35-19-22-13-15-24(16-14-22)30(33)34/h3,5-6,9-10,13-16,23,25H,2,4,7-8,11-12,17-20H2,1H3,(H,28,32)/t25-/m1/s1. The van der Waals surface area contributed by atoms with Crippen molar-refractivity contribution in [2.24, 2.45) is 0 Å². The van der Waals surface area contributed by atoms with Crippen LogP contribution in [0.2, 0.25) is 0 Å². The molecule has 1 fully saturated rings. The predicted molar refractivity (Wildman–Crippen MR) is 140 cm³/mol. The monoisotopic (exact) mass is 497 g/mol. The van der Waals surface area contributed by atoms with Crippen molar-refractivity contribution in [3.63, 3.8) is 0 Å². The fourth-order valence-corrected chi connectivity index (χ4v) is 5.36. The molecule has 2 aromatic carbocycles. The van der Waals surface area contributed by atoms with E-state index < -0.39 is 11.0 Å². The number of non-ortho nitro benzene ring substituents is 1. The van der Waals surface area contributed by atoms with Gasteiger partial charge in [0.25, 0.3) is 5.69 Å². The van der Waals surface area contributed by atoms with Crippen LogP contribution in [0, 0.1) is 10.1 Å². The number of hydrogen-bond acceptors (Lipinski definition) is 5. The molecule has 1 aliphatic rings. The van der Waals surface area contributed by atoms with E-state index in [1.807, 2.05) is 37.3 Å². The first-order valence-electron chi connectivity index (χ1n) is 12.4. The molecular weight excluding hydrogens is 462 g/mol. The number of nitro benzene ring substituents is 1. The first-order chi connectivity index (χ1) is 17.0. The fraction of sp³-hybridized carbons (Fsp3) is 0.481. The van der Waals surface area contributed by atoms with Crippen molar-refractivity contribution in [3.8, 4) is 0 Å². The molecule has 0 aliphatic heterocycles. The molecule has 0 bridgehead atoms. The Bertz CT molecular complexity index is 962. The van der Waals surface area contributed by atoms with E-state index in [-0.39, 0.29) is 29.3 Å². The third kappa shape index (κ3) is 8.38. The number of nitrogens with zero attached hydrogens (tertiary/aromatic N) is 2. The van der Waals surface area contributed by atoms with Crippen LogP contribution >= 0.6 is 11.8 Å². The summed E-state index contributed by atoms with van der Waals surface area (Å²) in [5.74, 6) is 0.708. The van der Waals surface area contributed by atoms with Crippen LogP contribution < -0.4 is 5.32 Å². The number of carbonyl (C=O) groups excluding carboxylic acids is 2. The van der Waals surface area contributed by atoms with Crippen molar-refractivity contribution in [3.05, 3.63) is 75.8 Å². The van der Waals surface area contributed by atoms with Gasteiger partial charge in [0.05, 0.1) is 10.7 Å². The highest BCUT2D eigenvalue weighted by Gasteiger charge is 2.29. The largest absolute Gasteiger partial charge is 0.352 e. The molecule has 0 unspecified atom stereocenters. The zero-order chi connectivity index (χ0) is 25.0. The van der Waals surface area contributed by atoms with Crippen LogP contribution in [-0.2, 0) is 21.8 Å². The lowest BCUT2D eigenvalue weighted by molar-refractivity contribution is -0.384. The number of amides is 2. The van der Waals surface area contributed by atoms with Gasteiger partial charge in [-0.25, -0.2) is 0 Å². The Morgan fingerprint density at radius 2 is 1.74 bits per heavy atom. The Balaban J connectivity index is 1.63. The highest BCUT2D eigenvalue weighted by Crippen LogP contribution is 2.20. The molecule has 1 N–H and O–H groups in total. The molecule has 1 saturated carbocycles. The lowest BCUT2D eigenvalue weighted by Crippen LogP contribution is -2.52. The lowest BCUT2D eigenvalue weighted by atomic mass is 9.95. The summed E-state index contributed by atoms with van der Waals surface area (Å²) < 4.78 is 0. The molecule has 0 spiro atoms. The summed E-state index contributed by atoms with van der Waals surface area (Å²) >= 11 is 1.46. The van der Waals surface area contributed by atoms with E-state index in [0.717, 1.165) is 36.8 Å². The summed E-state index contributed by atoms with van der Waals surface area (Å²) in [7, 11) is 0. The van der Waals surface area contributed by atoms with E-state index in [9.17, 15) is 19.7 Å². The fourth-order valence-electron chi connectivity index (χ4n) is 4.49. The van der Waals surface area contributed by atoms with Crippen LogP contribution in [0.4, 0.5) is 5.69 Å². The second kappa shape index (κ2) is 13.9. The van der Waals surface area contributed by atoms with Gasteiger partial charge in [-0.15, -0.1) is 11.8 Å². The van der Waals surface area contributed by atoms with Gasteiger partial charge in [0.15, 0.2) is 0 Å². The maximum Gasteiger partial charge on any atom is 0.269 e. The van der Waals surface area contributed by atoms with E-state index in [4.69, 9.17) is 0 Å². The van der Waals surface area contributed by atoms with Gasteiger partial charge >= 0.3 is 0 Å². The van der Waals surface area contributed by atoms with Crippen LogP contribution in [0.5, 0.6) is 0 Å². The summed E-state index contributed by atoms with van der Waals surface area (Å²) in [6.45, 7) is 2.44. The molecule has 7 nitrogen and oxygen atoms in total. The van der Waals surface area contributed by atoms with E-state index in [1.54, 1.807) is 17.0 Å². The number of carbonyl (C=O) groups is 2. The number of rotatable bonds is 12. The van der Waals surface area contributed by atoms with Crippen molar-refractivity contribution in [1.29, 1.82) is 0 Å². The smallest absolute Gasteiger partial charge is 0.269 e. The maximum atomic E-state index is 13.3. The van der Waals surface area contributed by atoms with Crippen LogP contribution in [0.1, 0.15) is 56.6 Å². The summed E-state index contributed by atoms with van der Waals surface area (Å²) in [6, 6.07) is 16.1. The van der Waals surface area contributed by atoms with Gasteiger partial charge in [-0.2, -0.15) is 0 Å². The van der Waals surface area contributed by atoms with Gasteiger partial charge in [-0.05, 0) is 36.8 Å². The molecule has 0 saturated heterocycles. The van der Waals surface area contributed by atoms with E-state index in [1.165, 1.54) is 30.3 Å². The normalized spacial score (nSPS) is 14.8. The molecule has 3 rings (SSSR count). The summed E-state index contributed by atoms with van der Waals surface area (Å²) in [6.07, 6.45) is 6.75. The number of thioether (sulfide) groups is 1. The van der Waals surface area contributed by atoms with Crippen molar-refractivity contribution >= 4 is 29.3 Å². The van der Waals surface area contributed by atoms with Crippen LogP contribution in [-0.4, -0.2) is 46.0 Å². The maximum absolute atomic E-state index is 13.3. The average Bonchev–Trinajstić information content (AvgIpc) is 2.88. The zero-order valence-electron chi connectivity index (χ0n) is 20.4. The molecule has 0 aromatic heterocycles. The summed E-state index contributed by atoms with van der Waals surface area (Å²) in [4.78, 5) is 38.7. The number of benzene rings is 2. The summed E-state index contributed by atoms with van der Waals surface area (Å²) in [5, 5.41) is 14.1. The predicted octanol–water partition coefficient (Wildman–Crippen LogP) is 5.13. The van der Waals surface area contributed by atoms with Gasteiger partial charge < -0.3 is 10.2 Å². The molecule has 35 heavy (non-hydrogen) atoms. The Labute approximate surface area is 211 Å². The van der Waals surface area contributed by atoms with Crippen LogP contribution in [0.25, 0.3) is 0 Å². The van der Waals surface area contributed by atoms with Gasteiger partial charge in [-0.3, -0.25) is 19.7 Å². The second-order valence-electron chi connectivity index (χ2n) is 9.01. The molecule has 2 amide bonds. The molecular formula is C27H35N3O4S. The average molecular weight is 498 g/mol. The van der Waals surface area contributed by atoms with Gasteiger partial charge in [0.1, 0.15) is 6.04 Å².